The van der Waals surface area contributed by atoms with Gasteiger partial charge in [0.15, 0.2) is 0 Å². The van der Waals surface area contributed by atoms with Gasteiger partial charge in [0, 0.05) is 6.08 Å². The Bertz CT molecular complexity index is 685. The van der Waals surface area contributed by atoms with Crippen molar-refractivity contribution in [2.24, 2.45) is 0 Å². The average Bonchev–Trinajstić information content (AvgIpc) is 2.58. The van der Waals surface area contributed by atoms with Gasteiger partial charge in [0.1, 0.15) is 5.75 Å². The normalized spacial score (nSPS) is 11.0. The molecule has 0 spiro atoms. The largest absolute Gasteiger partial charge is 0.497 e. The molecule has 0 unspecified atom stereocenters. The molecule has 112 valence electrons. The summed E-state index contributed by atoms with van der Waals surface area (Å²) in [6.45, 7) is 0. The molecule has 2 aromatic carbocycles. The van der Waals surface area contributed by atoms with Crippen LogP contribution in [0.1, 0.15) is 16.7 Å². The lowest BCUT2D eigenvalue weighted by Gasteiger charge is -2.05. The molecule has 0 aliphatic heterocycles. The highest BCUT2D eigenvalue weighted by molar-refractivity contribution is 5.88. The summed E-state index contributed by atoms with van der Waals surface area (Å²) in [6, 6.07) is 15.8. The predicted octanol–water partition coefficient (Wildman–Crippen LogP) is 4.05. The van der Waals surface area contributed by atoms with Gasteiger partial charge in [-0.25, -0.2) is 4.79 Å². The van der Waals surface area contributed by atoms with E-state index in [9.17, 15) is 4.79 Å². The van der Waals surface area contributed by atoms with Crippen LogP contribution in [0, 0.1) is 0 Å². The standard InChI is InChI=1S/C19H18O3/c1-21-18-12-10-16(9-8-15-6-4-3-5-7-15)17(14-18)11-13-19(20)22-2/h3-14H,1-2H3/b9-8+,13-11+. The lowest BCUT2D eigenvalue weighted by atomic mass is 10.0. The van der Waals surface area contributed by atoms with Crippen molar-refractivity contribution >= 4 is 24.2 Å². The van der Waals surface area contributed by atoms with E-state index in [4.69, 9.17) is 4.74 Å². The van der Waals surface area contributed by atoms with Crippen molar-refractivity contribution in [2.45, 2.75) is 0 Å². The minimum absolute atomic E-state index is 0.388. The molecule has 2 aromatic rings. The molecule has 0 N–H and O–H groups in total. The maximum absolute atomic E-state index is 11.3. The smallest absolute Gasteiger partial charge is 0.330 e. The van der Waals surface area contributed by atoms with Crippen molar-refractivity contribution < 1.29 is 14.3 Å². The van der Waals surface area contributed by atoms with Crippen molar-refractivity contribution in [1.82, 2.24) is 0 Å². The number of rotatable bonds is 5. The average molecular weight is 294 g/mol. The van der Waals surface area contributed by atoms with Crippen LogP contribution in [0.5, 0.6) is 5.75 Å². The number of hydrogen-bond donors (Lipinski definition) is 0. The highest BCUT2D eigenvalue weighted by Gasteiger charge is 2.01. The van der Waals surface area contributed by atoms with Crippen LogP contribution in [0.25, 0.3) is 18.2 Å². The Labute approximate surface area is 130 Å². The molecule has 2 rings (SSSR count). The van der Waals surface area contributed by atoms with Crippen LogP contribution in [0.3, 0.4) is 0 Å². The topological polar surface area (TPSA) is 35.5 Å². The molecule has 0 amide bonds. The third kappa shape index (κ3) is 4.35. The molecule has 0 atom stereocenters. The molecule has 0 aliphatic rings. The molecule has 3 nitrogen and oxygen atoms in total. The Balaban J connectivity index is 2.31. The Morgan fingerprint density at radius 1 is 0.909 bits per heavy atom. The quantitative estimate of drug-likeness (QED) is 0.474. The summed E-state index contributed by atoms with van der Waals surface area (Å²) in [5.74, 6) is 0.349. The number of methoxy groups -OCH3 is 2. The van der Waals surface area contributed by atoms with Gasteiger partial charge < -0.3 is 9.47 Å². The highest BCUT2D eigenvalue weighted by atomic mass is 16.5. The summed E-state index contributed by atoms with van der Waals surface area (Å²) >= 11 is 0. The monoisotopic (exact) mass is 294 g/mol. The molecular weight excluding hydrogens is 276 g/mol. The van der Waals surface area contributed by atoms with Gasteiger partial charge >= 0.3 is 5.97 Å². The van der Waals surface area contributed by atoms with Gasteiger partial charge in [-0.1, -0.05) is 48.6 Å². The maximum Gasteiger partial charge on any atom is 0.330 e. The molecule has 0 bridgehead atoms. The second kappa shape index (κ2) is 7.84. The molecule has 0 radical (unpaired) electrons. The fraction of sp³-hybridized carbons (Fsp3) is 0.105. The van der Waals surface area contributed by atoms with E-state index in [1.54, 1.807) is 13.2 Å². The lowest BCUT2D eigenvalue weighted by Crippen LogP contribution is -1.94. The van der Waals surface area contributed by atoms with Crippen molar-refractivity contribution in [3.8, 4) is 5.75 Å². The lowest BCUT2D eigenvalue weighted by molar-refractivity contribution is -0.134. The molecule has 0 aromatic heterocycles. The second-order valence-corrected chi connectivity index (χ2v) is 4.60. The second-order valence-electron chi connectivity index (χ2n) is 4.60. The highest BCUT2D eigenvalue weighted by Crippen LogP contribution is 2.21. The van der Waals surface area contributed by atoms with Crippen LogP contribution in [0.2, 0.25) is 0 Å². The summed E-state index contributed by atoms with van der Waals surface area (Å²) in [6.07, 6.45) is 7.15. The minimum atomic E-state index is -0.388. The molecular formula is C19H18O3. The van der Waals surface area contributed by atoms with Crippen LogP contribution in [-0.2, 0) is 9.53 Å². The number of carbonyl (C=O) groups is 1. The Morgan fingerprint density at radius 2 is 1.68 bits per heavy atom. The number of carbonyl (C=O) groups excluding carboxylic acids is 1. The zero-order valence-electron chi connectivity index (χ0n) is 12.7. The van der Waals surface area contributed by atoms with E-state index >= 15 is 0 Å². The van der Waals surface area contributed by atoms with E-state index in [0.29, 0.717) is 0 Å². The van der Waals surface area contributed by atoms with Crippen LogP contribution >= 0.6 is 0 Å². The third-order valence-electron chi connectivity index (χ3n) is 3.15. The zero-order chi connectivity index (χ0) is 15.8. The minimum Gasteiger partial charge on any atom is -0.497 e. The van der Waals surface area contributed by atoms with E-state index in [1.807, 2.05) is 60.7 Å². The molecule has 0 saturated carbocycles. The summed E-state index contributed by atoms with van der Waals surface area (Å²) < 4.78 is 9.85. The van der Waals surface area contributed by atoms with E-state index in [2.05, 4.69) is 4.74 Å². The third-order valence-corrected chi connectivity index (χ3v) is 3.15. The zero-order valence-corrected chi connectivity index (χ0v) is 12.7. The van der Waals surface area contributed by atoms with Gasteiger partial charge in [0.25, 0.3) is 0 Å². The van der Waals surface area contributed by atoms with Crippen molar-refractivity contribution in [1.29, 1.82) is 0 Å². The van der Waals surface area contributed by atoms with Crippen LogP contribution in [0.4, 0.5) is 0 Å². The van der Waals surface area contributed by atoms with E-state index in [0.717, 1.165) is 22.4 Å². The molecule has 0 aliphatic carbocycles. The van der Waals surface area contributed by atoms with E-state index in [1.165, 1.54) is 13.2 Å². The van der Waals surface area contributed by atoms with Crippen molar-refractivity contribution in [3.05, 3.63) is 71.3 Å². The van der Waals surface area contributed by atoms with Gasteiger partial charge in [-0.3, -0.25) is 0 Å². The predicted molar refractivity (Wildman–Crippen MR) is 89.4 cm³/mol. The summed E-state index contributed by atoms with van der Waals surface area (Å²) in [4.78, 5) is 11.3. The van der Waals surface area contributed by atoms with Gasteiger partial charge in [-0.2, -0.15) is 0 Å². The summed E-state index contributed by atoms with van der Waals surface area (Å²) in [5.41, 5.74) is 2.99. The van der Waals surface area contributed by atoms with Gasteiger partial charge in [-0.05, 0) is 34.9 Å². The van der Waals surface area contributed by atoms with Gasteiger partial charge in [-0.15, -0.1) is 0 Å². The van der Waals surface area contributed by atoms with Crippen LogP contribution in [-0.4, -0.2) is 20.2 Å². The Kier molecular flexibility index (Phi) is 5.55. The Hall–Kier alpha value is -2.81. The number of ether oxygens (including phenoxy) is 2. The van der Waals surface area contributed by atoms with Crippen LogP contribution in [0.15, 0.2) is 54.6 Å². The fourth-order valence-corrected chi connectivity index (χ4v) is 1.95. The molecule has 0 fully saturated rings. The maximum atomic E-state index is 11.3. The van der Waals surface area contributed by atoms with Crippen molar-refractivity contribution in [2.75, 3.05) is 14.2 Å². The van der Waals surface area contributed by atoms with Crippen LogP contribution < -0.4 is 4.74 Å². The summed E-state index contributed by atoms with van der Waals surface area (Å²) in [7, 11) is 2.97. The molecule has 3 heteroatoms. The fourth-order valence-electron chi connectivity index (χ4n) is 1.95. The first-order valence-corrected chi connectivity index (χ1v) is 6.90. The summed E-state index contributed by atoms with van der Waals surface area (Å²) in [5, 5.41) is 0. The number of hydrogen-bond acceptors (Lipinski definition) is 3. The molecule has 0 heterocycles. The first-order valence-electron chi connectivity index (χ1n) is 6.90. The number of esters is 1. The van der Waals surface area contributed by atoms with Gasteiger partial charge in [0.05, 0.1) is 14.2 Å². The molecule has 0 saturated heterocycles. The molecule has 22 heavy (non-hydrogen) atoms. The van der Waals surface area contributed by atoms with E-state index < -0.39 is 0 Å². The first kappa shape index (κ1) is 15.6. The number of benzene rings is 2. The Morgan fingerprint density at radius 3 is 2.36 bits per heavy atom. The SMILES string of the molecule is COC(=O)/C=C/c1cc(OC)ccc1/C=C/c1ccccc1. The van der Waals surface area contributed by atoms with E-state index in [-0.39, 0.29) is 5.97 Å². The first-order chi connectivity index (χ1) is 10.7. The van der Waals surface area contributed by atoms with Gasteiger partial charge in [0.2, 0.25) is 0 Å². The van der Waals surface area contributed by atoms with Crippen molar-refractivity contribution in [3.63, 3.8) is 0 Å².